The van der Waals surface area contributed by atoms with Crippen molar-refractivity contribution in [1.82, 2.24) is 14.6 Å². The van der Waals surface area contributed by atoms with Gasteiger partial charge in [-0.1, -0.05) is 37.3 Å². The number of rotatable bonds is 4. The topological polar surface area (TPSA) is 51.5 Å². The molecule has 0 saturated heterocycles. The molecule has 0 saturated carbocycles. The second-order valence-electron chi connectivity index (χ2n) is 6.71. The van der Waals surface area contributed by atoms with Gasteiger partial charge in [-0.25, -0.2) is 9.50 Å². The maximum Gasteiger partial charge on any atom is 0.137 e. The highest BCUT2D eigenvalue weighted by Crippen LogP contribution is 2.41. The van der Waals surface area contributed by atoms with Crippen LogP contribution in [0.25, 0.3) is 16.8 Å². The van der Waals surface area contributed by atoms with Crippen molar-refractivity contribution in [2.24, 2.45) is 0 Å². The van der Waals surface area contributed by atoms with Crippen LogP contribution in [0, 0.1) is 0 Å². The Balaban J connectivity index is 1.65. The quantitative estimate of drug-likeness (QED) is 0.576. The molecular weight excluding hydrogens is 336 g/mol. The first-order valence-corrected chi connectivity index (χ1v) is 9.26. The Morgan fingerprint density at radius 1 is 1.07 bits per heavy atom. The van der Waals surface area contributed by atoms with Crippen molar-refractivity contribution in [3.05, 3.63) is 78.2 Å². The van der Waals surface area contributed by atoms with Crippen LogP contribution in [0.5, 0.6) is 5.75 Å². The maximum atomic E-state index is 5.73. The molecule has 0 fully saturated rings. The Morgan fingerprint density at radius 3 is 2.78 bits per heavy atom. The molecule has 1 aliphatic rings. The summed E-state index contributed by atoms with van der Waals surface area (Å²) in [4.78, 5) is 4.60. The molecule has 5 rings (SSSR count). The van der Waals surface area contributed by atoms with Crippen LogP contribution >= 0.6 is 0 Å². The highest BCUT2D eigenvalue weighted by Gasteiger charge is 2.26. The minimum Gasteiger partial charge on any atom is -0.494 e. The van der Waals surface area contributed by atoms with E-state index in [0.29, 0.717) is 0 Å². The van der Waals surface area contributed by atoms with E-state index >= 15 is 0 Å². The number of hydrogen-bond acceptors (Lipinski definition) is 4. The molecule has 3 heterocycles. The molecule has 0 amide bonds. The van der Waals surface area contributed by atoms with E-state index in [2.05, 4.69) is 52.7 Å². The first-order chi connectivity index (χ1) is 13.3. The Kier molecular flexibility index (Phi) is 3.78. The van der Waals surface area contributed by atoms with Gasteiger partial charge in [-0.2, -0.15) is 5.10 Å². The molecule has 2 aromatic carbocycles. The first kappa shape index (κ1) is 15.9. The van der Waals surface area contributed by atoms with Crippen molar-refractivity contribution in [2.75, 3.05) is 11.9 Å². The molecule has 0 bridgehead atoms. The SMILES string of the molecule is CCCOc1ccc(C2Nc3ccccc3-c3ncnn4ccc2c34)cc1. The Morgan fingerprint density at radius 2 is 1.93 bits per heavy atom. The van der Waals surface area contributed by atoms with Crippen LogP contribution in [0.1, 0.15) is 30.5 Å². The summed E-state index contributed by atoms with van der Waals surface area (Å²) in [6.07, 6.45) is 4.61. The lowest BCUT2D eigenvalue weighted by Gasteiger charge is -2.19. The van der Waals surface area contributed by atoms with Crippen molar-refractivity contribution < 1.29 is 4.74 Å². The fourth-order valence-electron chi connectivity index (χ4n) is 3.70. The van der Waals surface area contributed by atoms with E-state index in [1.807, 2.05) is 35.0 Å². The van der Waals surface area contributed by atoms with Gasteiger partial charge in [-0.05, 0) is 36.2 Å². The van der Waals surface area contributed by atoms with E-state index in [-0.39, 0.29) is 6.04 Å². The van der Waals surface area contributed by atoms with Crippen LogP contribution in [0.15, 0.2) is 67.1 Å². The van der Waals surface area contributed by atoms with Crippen LogP contribution in [0.4, 0.5) is 5.69 Å². The third kappa shape index (κ3) is 2.63. The third-order valence-corrected chi connectivity index (χ3v) is 4.96. The molecule has 1 N–H and O–H groups in total. The van der Waals surface area contributed by atoms with Gasteiger partial charge in [0, 0.05) is 23.0 Å². The summed E-state index contributed by atoms with van der Waals surface area (Å²) in [5.74, 6) is 0.903. The molecule has 4 aromatic rings. The molecule has 0 radical (unpaired) electrons. The predicted molar refractivity (Wildman–Crippen MR) is 106 cm³/mol. The van der Waals surface area contributed by atoms with E-state index in [1.165, 1.54) is 11.1 Å². The number of nitrogens with zero attached hydrogens (tertiary/aromatic N) is 3. The van der Waals surface area contributed by atoms with Gasteiger partial charge in [0.05, 0.1) is 18.2 Å². The van der Waals surface area contributed by atoms with Crippen LogP contribution in [-0.4, -0.2) is 21.2 Å². The van der Waals surface area contributed by atoms with Gasteiger partial charge >= 0.3 is 0 Å². The average molecular weight is 356 g/mol. The van der Waals surface area contributed by atoms with Gasteiger partial charge in [0.15, 0.2) is 0 Å². The first-order valence-electron chi connectivity index (χ1n) is 9.26. The largest absolute Gasteiger partial charge is 0.494 e. The van der Waals surface area contributed by atoms with Crippen molar-refractivity contribution in [3.63, 3.8) is 0 Å². The number of para-hydroxylation sites is 1. The van der Waals surface area contributed by atoms with E-state index < -0.39 is 0 Å². The fraction of sp³-hybridized carbons (Fsp3) is 0.182. The van der Waals surface area contributed by atoms with Gasteiger partial charge in [-0.15, -0.1) is 0 Å². The molecule has 5 heteroatoms. The Hall–Kier alpha value is -3.34. The lowest BCUT2D eigenvalue weighted by molar-refractivity contribution is 0.317. The minimum atomic E-state index is 0.0172. The molecular formula is C22H20N4O. The maximum absolute atomic E-state index is 5.73. The van der Waals surface area contributed by atoms with Crippen LogP contribution in [0.3, 0.4) is 0 Å². The lowest BCUT2D eigenvalue weighted by Crippen LogP contribution is -2.11. The minimum absolute atomic E-state index is 0.0172. The fourth-order valence-corrected chi connectivity index (χ4v) is 3.70. The monoisotopic (exact) mass is 356 g/mol. The number of hydrogen-bond donors (Lipinski definition) is 1. The number of aromatic nitrogens is 3. The van der Waals surface area contributed by atoms with Gasteiger partial charge in [-0.3, -0.25) is 0 Å². The van der Waals surface area contributed by atoms with Crippen LogP contribution in [0.2, 0.25) is 0 Å². The van der Waals surface area contributed by atoms with E-state index in [1.54, 1.807) is 6.33 Å². The highest BCUT2D eigenvalue weighted by atomic mass is 16.5. The van der Waals surface area contributed by atoms with E-state index in [9.17, 15) is 0 Å². The predicted octanol–water partition coefficient (Wildman–Crippen LogP) is 4.70. The molecule has 2 aromatic heterocycles. The summed E-state index contributed by atoms with van der Waals surface area (Å²) in [5.41, 5.74) is 6.52. The van der Waals surface area contributed by atoms with Crippen molar-refractivity contribution in [3.8, 4) is 17.0 Å². The summed E-state index contributed by atoms with van der Waals surface area (Å²) >= 11 is 0. The molecule has 1 unspecified atom stereocenters. The zero-order valence-corrected chi connectivity index (χ0v) is 15.1. The van der Waals surface area contributed by atoms with Gasteiger partial charge < -0.3 is 10.1 Å². The molecule has 0 aliphatic carbocycles. The van der Waals surface area contributed by atoms with Gasteiger partial charge in [0.25, 0.3) is 0 Å². The zero-order chi connectivity index (χ0) is 18.2. The van der Waals surface area contributed by atoms with E-state index in [4.69, 9.17) is 4.74 Å². The molecule has 5 nitrogen and oxygen atoms in total. The molecule has 0 spiro atoms. The van der Waals surface area contributed by atoms with E-state index in [0.717, 1.165) is 41.2 Å². The number of ether oxygens (including phenoxy) is 1. The van der Waals surface area contributed by atoms with Gasteiger partial charge in [0.1, 0.15) is 17.8 Å². The lowest BCUT2D eigenvalue weighted by atomic mass is 9.99. The van der Waals surface area contributed by atoms with Crippen molar-refractivity contribution in [1.29, 1.82) is 0 Å². The standard InChI is InChI=1S/C22H20N4O/c1-2-13-27-16-9-7-15(8-10-16)20-18-11-12-26-22(18)21(23-14-24-26)17-5-3-4-6-19(17)25-20/h3-12,14,20,25H,2,13H2,1H3. The number of anilines is 1. The van der Waals surface area contributed by atoms with Gasteiger partial charge in [0.2, 0.25) is 0 Å². The summed E-state index contributed by atoms with van der Waals surface area (Å²) in [5, 5.41) is 8.10. The summed E-state index contributed by atoms with van der Waals surface area (Å²) in [6, 6.07) is 18.8. The van der Waals surface area contributed by atoms with Crippen molar-refractivity contribution in [2.45, 2.75) is 19.4 Å². The normalized spacial score (nSPS) is 15.1. The summed E-state index contributed by atoms with van der Waals surface area (Å²) < 4.78 is 7.64. The Bertz CT molecular complexity index is 1100. The highest BCUT2D eigenvalue weighted by molar-refractivity contribution is 5.89. The second kappa shape index (κ2) is 6.43. The van der Waals surface area contributed by atoms with Crippen LogP contribution in [-0.2, 0) is 0 Å². The summed E-state index contributed by atoms with van der Waals surface area (Å²) in [6.45, 7) is 2.85. The number of nitrogens with one attached hydrogen (secondary N) is 1. The molecule has 1 atom stereocenters. The molecule has 27 heavy (non-hydrogen) atoms. The molecule has 134 valence electrons. The van der Waals surface area contributed by atoms with Crippen molar-refractivity contribution >= 4 is 11.2 Å². The van der Waals surface area contributed by atoms with Crippen LogP contribution < -0.4 is 10.1 Å². The number of fused-ring (bicyclic) bond motifs is 2. The average Bonchev–Trinajstić information content (AvgIpc) is 3.09. The summed E-state index contributed by atoms with van der Waals surface area (Å²) in [7, 11) is 0. The smallest absolute Gasteiger partial charge is 0.137 e. The Labute approximate surface area is 157 Å². The number of benzene rings is 2. The third-order valence-electron chi connectivity index (χ3n) is 4.96. The zero-order valence-electron chi connectivity index (χ0n) is 15.1. The molecule has 1 aliphatic heterocycles. The second-order valence-corrected chi connectivity index (χ2v) is 6.71.